The van der Waals surface area contributed by atoms with E-state index in [1.54, 1.807) is 19.9 Å². The lowest BCUT2D eigenvalue weighted by atomic mass is 9.84. The Kier molecular flexibility index (Phi) is 9.98. The molecular weight excluding hydrogens is 644 g/mol. The van der Waals surface area contributed by atoms with Crippen molar-refractivity contribution in [3.05, 3.63) is 47.9 Å². The van der Waals surface area contributed by atoms with Crippen molar-refractivity contribution in [1.82, 2.24) is 30.2 Å². The van der Waals surface area contributed by atoms with Crippen LogP contribution < -0.4 is 11.1 Å². The molecule has 0 bridgehead atoms. The number of benzene rings is 1. The van der Waals surface area contributed by atoms with Crippen LogP contribution in [0.4, 0.5) is 0 Å². The number of aromatic amines is 1. The van der Waals surface area contributed by atoms with Gasteiger partial charge in [0.15, 0.2) is 0 Å². The number of carbonyl (C=O) groups excluding carboxylic acids is 5. The van der Waals surface area contributed by atoms with Gasteiger partial charge in [-0.2, -0.15) is 0 Å². The summed E-state index contributed by atoms with van der Waals surface area (Å²) in [4.78, 5) is 76.6. The molecule has 15 nitrogen and oxygen atoms in total. The second-order valence-electron chi connectivity index (χ2n) is 14.2. The Balaban J connectivity index is 1.37. The molecule has 4 amide bonds. The SMILES string of the molecule is CC(C)(O)c1cnnn1[C@H]1C[C@@H](C(=O)NC2(C(=O)C(N)=O)CCOCC2)N(C(=O)/C(CC2CCCCC2)=N/C(=O)c2cc3ccccc3[nH]2)C1. The van der Waals surface area contributed by atoms with Crippen molar-refractivity contribution < 1.29 is 33.8 Å². The summed E-state index contributed by atoms with van der Waals surface area (Å²) >= 11 is 0. The van der Waals surface area contributed by atoms with Crippen molar-refractivity contribution >= 4 is 46.0 Å². The number of likely N-dealkylation sites (tertiary alicyclic amines) is 1. The number of primary amides is 1. The molecule has 6 rings (SSSR count). The predicted octanol–water partition coefficient (Wildman–Crippen LogP) is 2.10. The minimum atomic E-state index is -1.59. The zero-order chi connectivity index (χ0) is 35.6. The average molecular weight is 689 g/mol. The Morgan fingerprint density at radius 2 is 1.84 bits per heavy atom. The highest BCUT2D eigenvalue weighted by molar-refractivity contribution is 6.41. The summed E-state index contributed by atoms with van der Waals surface area (Å²) in [5, 5.41) is 22.6. The zero-order valence-corrected chi connectivity index (χ0v) is 28.4. The zero-order valence-electron chi connectivity index (χ0n) is 28.4. The van der Waals surface area contributed by atoms with E-state index in [0.29, 0.717) is 5.69 Å². The molecule has 2 aliphatic heterocycles. The van der Waals surface area contributed by atoms with E-state index in [-0.39, 0.29) is 62.8 Å². The first-order chi connectivity index (χ1) is 23.9. The van der Waals surface area contributed by atoms with E-state index in [4.69, 9.17) is 10.5 Å². The predicted molar refractivity (Wildman–Crippen MR) is 181 cm³/mol. The van der Waals surface area contributed by atoms with Gasteiger partial charge in [0.2, 0.25) is 11.7 Å². The van der Waals surface area contributed by atoms with E-state index < -0.39 is 52.6 Å². The van der Waals surface area contributed by atoms with Crippen molar-refractivity contribution in [3.8, 4) is 0 Å². The van der Waals surface area contributed by atoms with Gasteiger partial charge in [-0.05, 0) is 38.3 Å². The van der Waals surface area contributed by atoms with Gasteiger partial charge in [-0.3, -0.25) is 24.0 Å². The van der Waals surface area contributed by atoms with Gasteiger partial charge in [0.05, 0.1) is 17.9 Å². The van der Waals surface area contributed by atoms with Gasteiger partial charge >= 0.3 is 0 Å². The molecule has 4 heterocycles. The third kappa shape index (κ3) is 7.24. The van der Waals surface area contributed by atoms with Crippen LogP contribution in [0.2, 0.25) is 0 Å². The van der Waals surface area contributed by atoms with Crippen molar-refractivity contribution in [2.24, 2.45) is 16.6 Å². The summed E-state index contributed by atoms with van der Waals surface area (Å²) in [6.45, 7) is 3.39. The highest BCUT2D eigenvalue weighted by Gasteiger charge is 2.49. The van der Waals surface area contributed by atoms with E-state index in [1.807, 2.05) is 24.3 Å². The number of ketones is 1. The third-order valence-electron chi connectivity index (χ3n) is 10.2. The first kappa shape index (κ1) is 35.1. The minimum Gasteiger partial charge on any atom is -0.384 e. The fraction of sp³-hybridized carbons (Fsp3) is 0.543. The Morgan fingerprint density at radius 1 is 1.12 bits per heavy atom. The molecule has 5 N–H and O–H groups in total. The molecule has 0 unspecified atom stereocenters. The van der Waals surface area contributed by atoms with E-state index >= 15 is 0 Å². The molecule has 15 heteroatoms. The highest BCUT2D eigenvalue weighted by atomic mass is 16.5. The third-order valence-corrected chi connectivity index (χ3v) is 10.2. The molecule has 1 saturated carbocycles. The molecule has 3 fully saturated rings. The largest absolute Gasteiger partial charge is 0.384 e. The number of fused-ring (bicyclic) bond motifs is 1. The fourth-order valence-corrected chi connectivity index (χ4v) is 7.48. The first-order valence-electron chi connectivity index (χ1n) is 17.2. The van der Waals surface area contributed by atoms with Crippen LogP contribution in [0.25, 0.3) is 10.9 Å². The second kappa shape index (κ2) is 14.2. The van der Waals surface area contributed by atoms with E-state index in [0.717, 1.165) is 43.0 Å². The van der Waals surface area contributed by atoms with Crippen LogP contribution in [0.1, 0.15) is 93.9 Å². The average Bonchev–Trinajstić information content (AvgIpc) is 3.86. The van der Waals surface area contributed by atoms with Crippen molar-refractivity contribution in [2.45, 2.75) is 94.9 Å². The summed E-state index contributed by atoms with van der Waals surface area (Å²) in [7, 11) is 0. The number of aliphatic hydroxyl groups is 1. The number of para-hydroxylation sites is 1. The maximum absolute atomic E-state index is 14.7. The molecule has 0 radical (unpaired) electrons. The van der Waals surface area contributed by atoms with Gasteiger partial charge in [-0.1, -0.05) is 55.5 Å². The second-order valence-corrected chi connectivity index (χ2v) is 14.2. The van der Waals surface area contributed by atoms with Crippen LogP contribution in [0.3, 0.4) is 0 Å². The summed E-state index contributed by atoms with van der Waals surface area (Å²) in [6.07, 6.45) is 6.66. The van der Waals surface area contributed by atoms with Crippen LogP contribution in [0.5, 0.6) is 0 Å². The molecule has 3 aliphatic rings. The fourth-order valence-electron chi connectivity index (χ4n) is 7.48. The lowest BCUT2D eigenvalue weighted by molar-refractivity contribution is -0.146. The van der Waals surface area contributed by atoms with Crippen LogP contribution in [0, 0.1) is 5.92 Å². The van der Waals surface area contributed by atoms with Crippen molar-refractivity contribution in [3.63, 3.8) is 0 Å². The smallest absolute Gasteiger partial charge is 0.293 e. The number of nitrogens with zero attached hydrogens (tertiary/aromatic N) is 5. The topological polar surface area (TPSA) is 215 Å². The highest BCUT2D eigenvalue weighted by Crippen LogP contribution is 2.34. The van der Waals surface area contributed by atoms with Crippen LogP contribution in [-0.4, -0.2) is 96.4 Å². The number of hydrogen-bond acceptors (Lipinski definition) is 9. The van der Waals surface area contributed by atoms with Crippen LogP contribution in [0.15, 0.2) is 41.5 Å². The summed E-state index contributed by atoms with van der Waals surface area (Å²) in [5.74, 6) is -3.85. The van der Waals surface area contributed by atoms with Gasteiger partial charge in [-0.15, -0.1) is 5.10 Å². The number of aliphatic imine (C=N–C) groups is 1. The number of H-pyrrole nitrogens is 1. The van der Waals surface area contributed by atoms with Crippen molar-refractivity contribution in [1.29, 1.82) is 0 Å². The molecule has 0 spiro atoms. The molecule has 1 aromatic carbocycles. The molecule has 2 saturated heterocycles. The molecule has 2 aromatic heterocycles. The monoisotopic (exact) mass is 688 g/mol. The van der Waals surface area contributed by atoms with Crippen LogP contribution >= 0.6 is 0 Å². The standard InChI is InChI=1S/C35H44N8O7/c1-34(2,49)28-19-37-41-43(28)23-18-27(32(47)40-35(29(44)30(36)45)12-14-50-15-13-35)42(20-23)33(48)26(16-21-8-4-3-5-9-21)39-31(46)25-17-22-10-6-7-11-24(22)38-25/h6-7,10-11,17,19,21,23,27,38,49H,3-5,8-9,12-16,18,20H2,1-2H3,(H2,36,45)(H,40,47)/b39-26+/t23-,27-/m0/s1. The molecule has 50 heavy (non-hydrogen) atoms. The minimum absolute atomic E-state index is 0.0203. The molecule has 3 aromatic rings. The Morgan fingerprint density at radius 3 is 2.52 bits per heavy atom. The van der Waals surface area contributed by atoms with E-state index in [1.165, 1.54) is 15.8 Å². The lowest BCUT2D eigenvalue weighted by Gasteiger charge is -2.37. The number of amides is 4. The quantitative estimate of drug-likeness (QED) is 0.181. The maximum atomic E-state index is 14.7. The lowest BCUT2D eigenvalue weighted by Crippen LogP contribution is -2.63. The first-order valence-corrected chi connectivity index (χ1v) is 17.2. The summed E-state index contributed by atoms with van der Waals surface area (Å²) in [6, 6.07) is 7.37. The Labute approximate surface area is 289 Å². The number of nitrogens with one attached hydrogen (secondary N) is 2. The Bertz CT molecular complexity index is 1780. The van der Waals surface area contributed by atoms with Gasteiger partial charge < -0.3 is 30.8 Å². The molecule has 2 atom stereocenters. The number of ether oxygens (including phenoxy) is 1. The molecular formula is C35H44N8O7. The number of carbonyl (C=O) groups is 5. The summed E-state index contributed by atoms with van der Waals surface area (Å²) < 4.78 is 6.92. The maximum Gasteiger partial charge on any atom is 0.293 e. The van der Waals surface area contributed by atoms with Crippen LogP contribution in [-0.2, 0) is 29.5 Å². The number of nitrogens with two attached hydrogens (primary N) is 1. The molecule has 1 aliphatic carbocycles. The van der Waals surface area contributed by atoms with Crippen molar-refractivity contribution in [2.75, 3.05) is 19.8 Å². The van der Waals surface area contributed by atoms with E-state index in [2.05, 4.69) is 25.6 Å². The van der Waals surface area contributed by atoms with Gasteiger partial charge in [0, 0.05) is 49.9 Å². The number of Topliss-reactive ketones (excluding diaryl/α,β-unsaturated/α-hetero) is 1. The normalized spacial score (nSPS) is 21.7. The number of aromatic nitrogens is 4. The Hall–Kier alpha value is -4.76. The summed E-state index contributed by atoms with van der Waals surface area (Å²) in [5.41, 5.74) is 3.89. The van der Waals surface area contributed by atoms with Gasteiger partial charge in [0.1, 0.15) is 28.6 Å². The molecule has 266 valence electrons. The number of rotatable bonds is 10. The van der Waals surface area contributed by atoms with Gasteiger partial charge in [-0.25, -0.2) is 9.67 Å². The van der Waals surface area contributed by atoms with E-state index in [9.17, 15) is 29.1 Å². The van der Waals surface area contributed by atoms with Gasteiger partial charge in [0.25, 0.3) is 17.7 Å². The number of hydrogen-bond donors (Lipinski definition) is 4.